The maximum Gasteiger partial charge on any atom is 0.242 e. The third-order valence-electron chi connectivity index (χ3n) is 4.88. The zero-order valence-electron chi connectivity index (χ0n) is 17.7. The molecule has 4 nitrogen and oxygen atoms in total. The SMILES string of the molecule is CCCNC(=O)C(CC)N(Cc1ccccc1)C(=O)CSCc1ccccc1C. The van der Waals surface area contributed by atoms with Gasteiger partial charge in [0.25, 0.3) is 0 Å². The van der Waals surface area contributed by atoms with Crippen LogP contribution >= 0.6 is 11.8 Å². The average molecular weight is 413 g/mol. The Labute approximate surface area is 179 Å². The summed E-state index contributed by atoms with van der Waals surface area (Å²) in [5.41, 5.74) is 3.51. The van der Waals surface area contributed by atoms with Gasteiger partial charge in [0, 0.05) is 18.8 Å². The van der Waals surface area contributed by atoms with Gasteiger partial charge in [0.05, 0.1) is 5.75 Å². The van der Waals surface area contributed by atoms with Crippen molar-refractivity contribution < 1.29 is 9.59 Å². The van der Waals surface area contributed by atoms with E-state index in [-0.39, 0.29) is 11.8 Å². The number of carbonyl (C=O) groups is 2. The summed E-state index contributed by atoms with van der Waals surface area (Å²) in [6.07, 6.45) is 1.47. The molecule has 2 aromatic carbocycles. The second kappa shape index (κ2) is 12.3. The van der Waals surface area contributed by atoms with E-state index in [9.17, 15) is 9.59 Å². The van der Waals surface area contributed by atoms with Crippen LogP contribution in [0.4, 0.5) is 0 Å². The number of carbonyl (C=O) groups excluding carboxylic acids is 2. The van der Waals surface area contributed by atoms with E-state index in [0.29, 0.717) is 25.3 Å². The van der Waals surface area contributed by atoms with Crippen LogP contribution in [0.2, 0.25) is 0 Å². The van der Waals surface area contributed by atoms with Crippen LogP contribution in [0.3, 0.4) is 0 Å². The molecular weight excluding hydrogens is 380 g/mol. The first-order chi connectivity index (χ1) is 14.1. The maximum absolute atomic E-state index is 13.1. The zero-order chi connectivity index (χ0) is 21.1. The fourth-order valence-corrected chi connectivity index (χ4v) is 4.16. The maximum atomic E-state index is 13.1. The third-order valence-corrected chi connectivity index (χ3v) is 5.84. The Bertz CT molecular complexity index is 779. The van der Waals surface area contributed by atoms with Gasteiger partial charge in [0.2, 0.25) is 11.8 Å². The molecule has 29 heavy (non-hydrogen) atoms. The zero-order valence-corrected chi connectivity index (χ0v) is 18.5. The summed E-state index contributed by atoms with van der Waals surface area (Å²) >= 11 is 1.60. The molecule has 1 atom stereocenters. The molecule has 0 aromatic heterocycles. The van der Waals surface area contributed by atoms with E-state index >= 15 is 0 Å². The van der Waals surface area contributed by atoms with Crippen molar-refractivity contribution in [2.24, 2.45) is 0 Å². The van der Waals surface area contributed by atoms with Gasteiger partial charge in [0.15, 0.2) is 0 Å². The number of amides is 2. The lowest BCUT2D eigenvalue weighted by molar-refractivity contribution is -0.139. The lowest BCUT2D eigenvalue weighted by atomic mass is 10.1. The van der Waals surface area contributed by atoms with E-state index in [0.717, 1.165) is 17.7 Å². The van der Waals surface area contributed by atoms with Gasteiger partial charge in [0.1, 0.15) is 6.04 Å². The summed E-state index contributed by atoms with van der Waals surface area (Å²) in [4.78, 5) is 27.6. The Balaban J connectivity index is 2.08. The van der Waals surface area contributed by atoms with Crippen LogP contribution in [-0.2, 0) is 21.9 Å². The summed E-state index contributed by atoms with van der Waals surface area (Å²) in [7, 11) is 0. The monoisotopic (exact) mass is 412 g/mol. The smallest absolute Gasteiger partial charge is 0.242 e. The molecule has 2 amide bonds. The van der Waals surface area contributed by atoms with Crippen LogP contribution < -0.4 is 5.32 Å². The van der Waals surface area contributed by atoms with Crippen LogP contribution in [0.15, 0.2) is 54.6 Å². The van der Waals surface area contributed by atoms with Crippen molar-refractivity contribution >= 4 is 23.6 Å². The van der Waals surface area contributed by atoms with Crippen LogP contribution in [0.5, 0.6) is 0 Å². The predicted octanol–water partition coefficient (Wildman–Crippen LogP) is 4.56. The quantitative estimate of drug-likeness (QED) is 0.588. The van der Waals surface area contributed by atoms with Crippen molar-refractivity contribution in [2.75, 3.05) is 12.3 Å². The highest BCUT2D eigenvalue weighted by molar-refractivity contribution is 7.99. The Morgan fingerprint density at radius 3 is 2.38 bits per heavy atom. The van der Waals surface area contributed by atoms with Crippen molar-refractivity contribution in [3.63, 3.8) is 0 Å². The normalized spacial score (nSPS) is 11.7. The van der Waals surface area contributed by atoms with Crippen LogP contribution in [-0.4, -0.2) is 35.1 Å². The highest BCUT2D eigenvalue weighted by Crippen LogP contribution is 2.19. The summed E-state index contributed by atoms with van der Waals surface area (Å²) in [6, 6.07) is 17.7. The molecular formula is C24H32N2O2S. The van der Waals surface area contributed by atoms with E-state index in [1.807, 2.05) is 56.3 Å². The van der Waals surface area contributed by atoms with Gasteiger partial charge in [-0.3, -0.25) is 9.59 Å². The van der Waals surface area contributed by atoms with Gasteiger partial charge in [-0.2, -0.15) is 0 Å². The largest absolute Gasteiger partial charge is 0.354 e. The molecule has 0 saturated carbocycles. The van der Waals surface area contributed by atoms with Gasteiger partial charge in [-0.05, 0) is 36.5 Å². The minimum Gasteiger partial charge on any atom is -0.354 e. The summed E-state index contributed by atoms with van der Waals surface area (Å²) in [6.45, 7) is 7.15. The minimum absolute atomic E-state index is 0.00550. The molecule has 0 fully saturated rings. The Hall–Kier alpha value is -2.27. The molecule has 156 valence electrons. The number of nitrogens with zero attached hydrogens (tertiary/aromatic N) is 1. The van der Waals surface area contributed by atoms with Crippen LogP contribution in [0.25, 0.3) is 0 Å². The van der Waals surface area contributed by atoms with Crippen molar-refractivity contribution in [1.82, 2.24) is 10.2 Å². The molecule has 0 radical (unpaired) electrons. The fourth-order valence-electron chi connectivity index (χ4n) is 3.17. The molecule has 2 aromatic rings. The Morgan fingerprint density at radius 2 is 1.72 bits per heavy atom. The topological polar surface area (TPSA) is 49.4 Å². The third kappa shape index (κ3) is 7.24. The summed E-state index contributed by atoms with van der Waals surface area (Å²) in [5, 5.41) is 2.95. The summed E-state index contributed by atoms with van der Waals surface area (Å²) < 4.78 is 0. The lowest BCUT2D eigenvalue weighted by Crippen LogP contribution is -2.49. The van der Waals surface area contributed by atoms with Crippen molar-refractivity contribution in [1.29, 1.82) is 0 Å². The van der Waals surface area contributed by atoms with Crippen LogP contribution in [0, 0.1) is 6.92 Å². The van der Waals surface area contributed by atoms with E-state index in [1.54, 1.807) is 16.7 Å². The van der Waals surface area contributed by atoms with Gasteiger partial charge >= 0.3 is 0 Å². The van der Waals surface area contributed by atoms with Crippen LogP contribution in [0.1, 0.15) is 43.4 Å². The van der Waals surface area contributed by atoms with Crippen molar-refractivity contribution in [3.05, 3.63) is 71.3 Å². The minimum atomic E-state index is -0.451. The van der Waals surface area contributed by atoms with E-state index in [1.165, 1.54) is 11.1 Å². The Morgan fingerprint density at radius 1 is 1.03 bits per heavy atom. The van der Waals surface area contributed by atoms with Crippen molar-refractivity contribution in [3.8, 4) is 0 Å². The fraction of sp³-hybridized carbons (Fsp3) is 0.417. The van der Waals surface area contributed by atoms with Gasteiger partial charge in [-0.25, -0.2) is 0 Å². The van der Waals surface area contributed by atoms with Gasteiger partial charge in [-0.15, -0.1) is 11.8 Å². The number of thioether (sulfide) groups is 1. The first-order valence-electron chi connectivity index (χ1n) is 10.3. The van der Waals surface area contributed by atoms with E-state index in [4.69, 9.17) is 0 Å². The standard InChI is InChI=1S/C24H32N2O2S/c1-4-15-25-24(28)22(5-2)26(16-20-12-7-6-8-13-20)23(27)18-29-17-21-14-10-9-11-19(21)3/h6-14,22H,4-5,15-18H2,1-3H3,(H,25,28). The lowest BCUT2D eigenvalue weighted by Gasteiger charge is -2.30. The first kappa shape index (κ1) is 23.0. The highest BCUT2D eigenvalue weighted by Gasteiger charge is 2.28. The molecule has 0 saturated heterocycles. The Kier molecular flexibility index (Phi) is 9.78. The number of aryl methyl sites for hydroxylation is 1. The van der Waals surface area contributed by atoms with Gasteiger partial charge < -0.3 is 10.2 Å². The molecule has 0 aliphatic rings. The van der Waals surface area contributed by atoms with Gasteiger partial charge in [-0.1, -0.05) is 68.4 Å². The number of rotatable bonds is 11. The van der Waals surface area contributed by atoms with Crippen molar-refractivity contribution in [2.45, 2.75) is 52.0 Å². The highest BCUT2D eigenvalue weighted by atomic mass is 32.2. The second-order valence-electron chi connectivity index (χ2n) is 7.14. The predicted molar refractivity (Wildman–Crippen MR) is 122 cm³/mol. The molecule has 2 rings (SSSR count). The molecule has 1 N–H and O–H groups in total. The van der Waals surface area contributed by atoms with E-state index in [2.05, 4.69) is 24.4 Å². The molecule has 1 unspecified atom stereocenters. The number of hydrogen-bond donors (Lipinski definition) is 1. The first-order valence-corrected chi connectivity index (χ1v) is 11.5. The molecule has 0 bridgehead atoms. The average Bonchev–Trinajstić information content (AvgIpc) is 2.74. The number of benzene rings is 2. The summed E-state index contributed by atoms with van der Waals surface area (Å²) in [5.74, 6) is 1.09. The molecule has 0 aliphatic heterocycles. The van der Waals surface area contributed by atoms with E-state index < -0.39 is 6.04 Å². The molecule has 0 heterocycles. The number of hydrogen-bond acceptors (Lipinski definition) is 3. The molecule has 5 heteroatoms. The second-order valence-corrected chi connectivity index (χ2v) is 8.13. The number of nitrogens with one attached hydrogen (secondary N) is 1. The molecule has 0 spiro atoms. The molecule has 0 aliphatic carbocycles.